The van der Waals surface area contributed by atoms with E-state index in [4.69, 9.17) is 0 Å². The Balaban J connectivity index is 1.15. The molecular formula is C28H29F3N8O. The predicted molar refractivity (Wildman–Crippen MR) is 142 cm³/mol. The van der Waals surface area contributed by atoms with Crippen molar-refractivity contribution in [1.82, 2.24) is 35.5 Å². The SMILES string of the molecule is Cn1nnnc1C1CCC(C(=O)N[C@@H](c2ccc(Nc3cnc4cccnc4c3C3CC3)cc2)C(F)(F)F)CC1. The molecule has 0 spiro atoms. The van der Waals surface area contributed by atoms with E-state index in [-0.39, 0.29) is 11.5 Å². The van der Waals surface area contributed by atoms with Gasteiger partial charge in [-0.25, -0.2) is 4.68 Å². The van der Waals surface area contributed by atoms with Crippen LogP contribution in [0.3, 0.4) is 0 Å². The van der Waals surface area contributed by atoms with Crippen molar-refractivity contribution >= 4 is 28.3 Å². The average molecular weight is 551 g/mol. The molecule has 0 unspecified atom stereocenters. The first-order valence-corrected chi connectivity index (χ1v) is 13.5. The van der Waals surface area contributed by atoms with E-state index in [2.05, 4.69) is 36.1 Å². The van der Waals surface area contributed by atoms with E-state index >= 15 is 0 Å². The number of tetrazole rings is 1. The Labute approximate surface area is 228 Å². The number of nitrogens with zero attached hydrogens (tertiary/aromatic N) is 6. The fraction of sp³-hybridized carbons (Fsp3) is 0.429. The Hall–Kier alpha value is -4.09. The zero-order chi connectivity index (χ0) is 27.9. The van der Waals surface area contributed by atoms with Crippen molar-refractivity contribution < 1.29 is 18.0 Å². The fourth-order valence-corrected chi connectivity index (χ4v) is 5.65. The minimum Gasteiger partial charge on any atom is -0.354 e. The molecule has 2 aliphatic carbocycles. The third-order valence-corrected chi connectivity index (χ3v) is 7.90. The number of anilines is 2. The summed E-state index contributed by atoms with van der Waals surface area (Å²) >= 11 is 0. The van der Waals surface area contributed by atoms with E-state index in [1.165, 1.54) is 12.1 Å². The number of rotatable bonds is 7. The van der Waals surface area contributed by atoms with Crippen LogP contribution in [0.1, 0.15) is 73.4 Å². The first-order chi connectivity index (χ1) is 19.3. The zero-order valence-electron chi connectivity index (χ0n) is 21.9. The van der Waals surface area contributed by atoms with Gasteiger partial charge in [0.1, 0.15) is 0 Å². The van der Waals surface area contributed by atoms with Gasteiger partial charge in [0, 0.05) is 36.3 Å². The summed E-state index contributed by atoms with van der Waals surface area (Å²) in [7, 11) is 1.75. The van der Waals surface area contributed by atoms with Gasteiger partial charge >= 0.3 is 6.18 Å². The van der Waals surface area contributed by atoms with Crippen molar-refractivity contribution in [2.75, 3.05) is 5.32 Å². The van der Waals surface area contributed by atoms with Gasteiger partial charge < -0.3 is 10.6 Å². The lowest BCUT2D eigenvalue weighted by Crippen LogP contribution is -2.42. The summed E-state index contributed by atoms with van der Waals surface area (Å²) in [6.07, 6.45) is 3.23. The quantitative estimate of drug-likeness (QED) is 0.314. The van der Waals surface area contributed by atoms with Crippen LogP contribution < -0.4 is 10.6 Å². The number of pyridine rings is 2. The van der Waals surface area contributed by atoms with Crippen LogP contribution in [0.2, 0.25) is 0 Å². The summed E-state index contributed by atoms with van der Waals surface area (Å²) in [4.78, 5) is 21.9. The summed E-state index contributed by atoms with van der Waals surface area (Å²) in [5.74, 6) is 0.150. The molecule has 2 N–H and O–H groups in total. The monoisotopic (exact) mass is 550 g/mol. The molecule has 0 bridgehead atoms. The summed E-state index contributed by atoms with van der Waals surface area (Å²) in [6, 6.07) is 7.67. The van der Waals surface area contributed by atoms with Crippen LogP contribution in [-0.2, 0) is 11.8 Å². The van der Waals surface area contributed by atoms with Crippen molar-refractivity contribution in [1.29, 1.82) is 0 Å². The first kappa shape index (κ1) is 26.1. The number of aryl methyl sites for hydroxylation is 1. The molecule has 208 valence electrons. The lowest BCUT2D eigenvalue weighted by atomic mass is 9.81. The largest absolute Gasteiger partial charge is 0.412 e. The molecule has 0 saturated heterocycles. The van der Waals surface area contributed by atoms with Crippen LogP contribution in [0.4, 0.5) is 24.5 Å². The summed E-state index contributed by atoms with van der Waals surface area (Å²) in [6.45, 7) is 0. The van der Waals surface area contributed by atoms with E-state index in [1.54, 1.807) is 36.3 Å². The Bertz CT molecular complexity index is 1510. The summed E-state index contributed by atoms with van der Waals surface area (Å²) in [5.41, 5.74) is 4.15. The number of nitrogens with one attached hydrogen (secondary N) is 2. The van der Waals surface area contributed by atoms with Gasteiger partial charge in [-0.3, -0.25) is 14.8 Å². The zero-order valence-corrected chi connectivity index (χ0v) is 21.9. The smallest absolute Gasteiger partial charge is 0.354 e. The van der Waals surface area contributed by atoms with Crippen molar-refractivity contribution in [3.63, 3.8) is 0 Å². The molecule has 0 aliphatic heterocycles. The molecule has 40 heavy (non-hydrogen) atoms. The minimum atomic E-state index is -4.64. The van der Waals surface area contributed by atoms with Crippen LogP contribution in [0, 0.1) is 5.92 Å². The normalized spacial score (nSPS) is 20.3. The lowest BCUT2D eigenvalue weighted by Gasteiger charge is -2.29. The summed E-state index contributed by atoms with van der Waals surface area (Å²) < 4.78 is 43.9. The number of hydrogen-bond acceptors (Lipinski definition) is 7. The van der Waals surface area contributed by atoms with Gasteiger partial charge in [0.25, 0.3) is 0 Å². The maximum absolute atomic E-state index is 14.1. The Kier molecular flexibility index (Phi) is 6.85. The van der Waals surface area contributed by atoms with Gasteiger partial charge in [0.05, 0.1) is 22.9 Å². The summed E-state index contributed by atoms with van der Waals surface area (Å²) in [5, 5.41) is 17.1. The topological polar surface area (TPSA) is 111 Å². The highest BCUT2D eigenvalue weighted by Crippen LogP contribution is 2.46. The highest BCUT2D eigenvalue weighted by Gasteiger charge is 2.43. The second kappa shape index (κ2) is 10.5. The van der Waals surface area contributed by atoms with Crippen molar-refractivity contribution in [3.05, 3.63) is 65.7 Å². The molecule has 3 aromatic heterocycles. The van der Waals surface area contributed by atoms with Gasteiger partial charge in [-0.05, 0) is 84.7 Å². The molecule has 2 fully saturated rings. The minimum absolute atomic E-state index is 0.0223. The number of alkyl halides is 3. The maximum Gasteiger partial charge on any atom is 0.412 e. The molecule has 1 atom stereocenters. The molecule has 3 heterocycles. The van der Waals surface area contributed by atoms with Crippen molar-refractivity contribution in [3.8, 4) is 0 Å². The van der Waals surface area contributed by atoms with Gasteiger partial charge in [0.15, 0.2) is 11.9 Å². The molecule has 6 rings (SSSR count). The molecule has 1 amide bonds. The number of halogens is 3. The average Bonchev–Trinajstić information content (AvgIpc) is 3.70. The second-order valence-corrected chi connectivity index (χ2v) is 10.7. The maximum atomic E-state index is 14.1. The van der Waals surface area contributed by atoms with Gasteiger partial charge in [-0.1, -0.05) is 12.1 Å². The molecule has 12 heteroatoms. The fourth-order valence-electron chi connectivity index (χ4n) is 5.65. The number of benzene rings is 1. The van der Waals surface area contributed by atoms with E-state index in [9.17, 15) is 18.0 Å². The van der Waals surface area contributed by atoms with Crippen molar-refractivity contribution in [2.24, 2.45) is 13.0 Å². The predicted octanol–water partition coefficient (Wildman–Crippen LogP) is 5.47. The number of carbonyl (C=O) groups is 1. The number of aromatic nitrogens is 6. The number of amides is 1. The molecule has 2 aliphatic rings. The standard InChI is InChI=1S/C28H29F3N8O/c1-39-26(36-37-38-39)18-6-8-19(9-7-18)27(40)35-25(28(29,30)31)17-10-12-20(13-11-17)34-22-15-33-21-3-2-14-32-24(21)23(22)16-4-5-16/h2-3,10-16,18-19,25,34H,4-9H2,1H3,(H,35,40)/t18?,19?,25-/m0/s1. The van der Waals surface area contributed by atoms with Crippen LogP contribution in [0.15, 0.2) is 48.8 Å². The van der Waals surface area contributed by atoms with E-state index in [1.807, 2.05) is 12.1 Å². The van der Waals surface area contributed by atoms with Gasteiger partial charge in [-0.2, -0.15) is 13.2 Å². The third kappa shape index (κ3) is 5.34. The van der Waals surface area contributed by atoms with Gasteiger partial charge in [-0.15, -0.1) is 5.10 Å². The van der Waals surface area contributed by atoms with Crippen LogP contribution in [-0.4, -0.2) is 42.3 Å². The third-order valence-electron chi connectivity index (χ3n) is 7.90. The Morgan fingerprint density at radius 3 is 2.38 bits per heavy atom. The highest BCUT2D eigenvalue weighted by molar-refractivity contribution is 5.85. The van der Waals surface area contributed by atoms with E-state index in [0.29, 0.717) is 37.3 Å². The lowest BCUT2D eigenvalue weighted by molar-refractivity contribution is -0.165. The van der Waals surface area contributed by atoms with Crippen LogP contribution in [0.5, 0.6) is 0 Å². The molecule has 9 nitrogen and oxygen atoms in total. The van der Waals surface area contributed by atoms with Gasteiger partial charge in [0.2, 0.25) is 5.91 Å². The van der Waals surface area contributed by atoms with E-state index < -0.39 is 24.0 Å². The first-order valence-electron chi connectivity index (χ1n) is 13.5. The Morgan fingerprint density at radius 1 is 1.00 bits per heavy atom. The highest BCUT2D eigenvalue weighted by atomic mass is 19.4. The number of hydrogen-bond donors (Lipinski definition) is 2. The molecular weight excluding hydrogens is 521 g/mol. The molecule has 4 aromatic rings. The van der Waals surface area contributed by atoms with Crippen molar-refractivity contribution in [2.45, 2.75) is 62.6 Å². The molecule has 2 saturated carbocycles. The van der Waals surface area contributed by atoms with Crippen LogP contribution in [0.25, 0.3) is 11.0 Å². The Morgan fingerprint density at radius 2 is 1.73 bits per heavy atom. The molecule has 0 radical (unpaired) electrons. The molecule has 1 aromatic carbocycles. The van der Waals surface area contributed by atoms with E-state index in [0.717, 1.165) is 41.0 Å². The van der Waals surface area contributed by atoms with Crippen LogP contribution >= 0.6 is 0 Å². The second-order valence-electron chi connectivity index (χ2n) is 10.7. The number of carbonyl (C=O) groups excluding carboxylic acids is 1. The number of fused-ring (bicyclic) bond motifs is 1.